The second-order valence-electron chi connectivity index (χ2n) is 6.09. The Hall–Kier alpha value is -3.29. The summed E-state index contributed by atoms with van der Waals surface area (Å²) >= 11 is 0. The maximum absolute atomic E-state index is 12.3. The summed E-state index contributed by atoms with van der Waals surface area (Å²) in [6.45, 7) is 3.16. The van der Waals surface area contributed by atoms with E-state index < -0.39 is 5.97 Å². The lowest BCUT2D eigenvalue weighted by Crippen LogP contribution is -2.31. The number of esters is 1. The molecule has 0 saturated heterocycles. The number of carbonyl (C=O) groups excluding carboxylic acids is 2. The van der Waals surface area contributed by atoms with E-state index in [0.29, 0.717) is 37.9 Å². The van der Waals surface area contributed by atoms with Gasteiger partial charge in [0.05, 0.1) is 6.61 Å². The number of aromatic nitrogens is 1. The number of ether oxygens (including phenoxy) is 4. The highest BCUT2D eigenvalue weighted by atomic mass is 16.6. The predicted molar refractivity (Wildman–Crippen MR) is 99.6 cm³/mol. The molecule has 0 radical (unpaired) electrons. The molecule has 0 aliphatic carbocycles. The topological polar surface area (TPSA) is 87.2 Å². The van der Waals surface area contributed by atoms with E-state index in [0.717, 1.165) is 5.56 Å². The highest BCUT2D eigenvalue weighted by Gasteiger charge is 2.19. The number of fused-ring (bicyclic) bond motifs is 1. The number of pyridine rings is 1. The van der Waals surface area contributed by atoms with Gasteiger partial charge in [0.15, 0.2) is 18.1 Å². The van der Waals surface area contributed by atoms with Gasteiger partial charge in [-0.2, -0.15) is 0 Å². The molecule has 3 rings (SSSR count). The molecule has 0 spiro atoms. The number of hydrogen-bond donors (Lipinski definition) is 0. The molecule has 2 heterocycles. The zero-order valence-corrected chi connectivity index (χ0v) is 15.8. The Morgan fingerprint density at radius 3 is 2.75 bits per heavy atom. The number of likely N-dealkylation sites (N-methyl/N-ethyl adjacent to an activating group) is 1. The van der Waals surface area contributed by atoms with Crippen LogP contribution in [0.2, 0.25) is 0 Å². The van der Waals surface area contributed by atoms with Crippen LogP contribution in [-0.4, -0.2) is 55.2 Å². The molecule has 28 heavy (non-hydrogen) atoms. The number of hydrogen-bond acceptors (Lipinski definition) is 7. The molecule has 0 N–H and O–H groups in total. The quantitative estimate of drug-likeness (QED) is 0.673. The minimum atomic E-state index is -0.655. The van der Waals surface area contributed by atoms with Gasteiger partial charge < -0.3 is 23.8 Å². The zero-order valence-electron chi connectivity index (χ0n) is 15.8. The van der Waals surface area contributed by atoms with Crippen LogP contribution in [0.25, 0.3) is 0 Å². The minimum Gasteiger partial charge on any atom is -0.486 e. The first kappa shape index (κ1) is 19.5. The van der Waals surface area contributed by atoms with Crippen molar-refractivity contribution in [3.8, 4) is 17.4 Å². The highest BCUT2D eigenvalue weighted by Crippen LogP contribution is 2.31. The van der Waals surface area contributed by atoms with Crippen molar-refractivity contribution < 1.29 is 28.5 Å². The second kappa shape index (κ2) is 9.07. The smallest absolute Gasteiger partial charge is 0.344 e. The Bertz CT molecular complexity index is 854. The molecule has 148 valence electrons. The number of amides is 1. The van der Waals surface area contributed by atoms with Gasteiger partial charge in [0, 0.05) is 19.8 Å². The number of benzene rings is 1. The second-order valence-corrected chi connectivity index (χ2v) is 6.09. The van der Waals surface area contributed by atoms with Crippen LogP contribution in [0.15, 0.2) is 36.5 Å². The average molecular weight is 386 g/mol. The van der Waals surface area contributed by atoms with E-state index in [2.05, 4.69) is 4.98 Å². The third-order valence-corrected chi connectivity index (χ3v) is 4.05. The van der Waals surface area contributed by atoms with E-state index in [1.54, 1.807) is 26.1 Å². The zero-order chi connectivity index (χ0) is 19.9. The highest BCUT2D eigenvalue weighted by molar-refractivity contribution is 5.93. The maximum atomic E-state index is 12.3. The molecule has 2 aromatic rings. The number of rotatable bonds is 7. The van der Waals surface area contributed by atoms with Crippen molar-refractivity contribution in [2.45, 2.75) is 13.5 Å². The lowest BCUT2D eigenvalue weighted by Gasteiger charge is -2.21. The SMILES string of the molecule is CCOc1ncccc1C(=O)OCC(=O)N(C)Cc1ccc2c(c1)OCCO2. The van der Waals surface area contributed by atoms with Gasteiger partial charge in [0.2, 0.25) is 5.88 Å². The Morgan fingerprint density at radius 1 is 1.18 bits per heavy atom. The van der Waals surface area contributed by atoms with E-state index >= 15 is 0 Å². The molecule has 0 bridgehead atoms. The first-order valence-corrected chi connectivity index (χ1v) is 8.96. The molecule has 0 atom stereocenters. The van der Waals surface area contributed by atoms with Crippen LogP contribution in [-0.2, 0) is 16.1 Å². The van der Waals surface area contributed by atoms with E-state index in [9.17, 15) is 9.59 Å². The Kier molecular flexibility index (Phi) is 6.31. The maximum Gasteiger partial charge on any atom is 0.344 e. The monoisotopic (exact) mass is 386 g/mol. The van der Waals surface area contributed by atoms with E-state index in [1.165, 1.54) is 11.1 Å². The molecule has 0 saturated carbocycles. The van der Waals surface area contributed by atoms with Crippen LogP contribution in [0.3, 0.4) is 0 Å². The van der Waals surface area contributed by atoms with Gasteiger partial charge in [0.25, 0.3) is 5.91 Å². The van der Waals surface area contributed by atoms with E-state index in [-0.39, 0.29) is 24.0 Å². The summed E-state index contributed by atoms with van der Waals surface area (Å²) in [5, 5.41) is 0. The Morgan fingerprint density at radius 2 is 1.96 bits per heavy atom. The molecule has 8 heteroatoms. The van der Waals surface area contributed by atoms with Crippen LogP contribution >= 0.6 is 0 Å². The fourth-order valence-corrected chi connectivity index (χ4v) is 2.66. The third-order valence-electron chi connectivity index (χ3n) is 4.05. The average Bonchev–Trinajstić information content (AvgIpc) is 2.72. The summed E-state index contributed by atoms with van der Waals surface area (Å²) in [4.78, 5) is 30.1. The summed E-state index contributed by atoms with van der Waals surface area (Å²) in [5.74, 6) is 0.561. The van der Waals surface area contributed by atoms with Crippen LogP contribution in [0.5, 0.6) is 17.4 Å². The standard InChI is InChI=1S/C20H22N2O6/c1-3-25-19-15(5-4-8-21-19)20(24)28-13-18(23)22(2)12-14-6-7-16-17(11-14)27-10-9-26-16/h4-8,11H,3,9-10,12-13H2,1-2H3. The van der Waals surface area contributed by atoms with Gasteiger partial charge in [-0.3, -0.25) is 4.79 Å². The van der Waals surface area contributed by atoms with E-state index in [4.69, 9.17) is 18.9 Å². The minimum absolute atomic E-state index is 0.187. The molecule has 1 aromatic heterocycles. The van der Waals surface area contributed by atoms with Gasteiger partial charge in [-0.05, 0) is 36.8 Å². The summed E-state index contributed by atoms with van der Waals surface area (Å²) in [6.07, 6.45) is 1.52. The van der Waals surface area contributed by atoms with Crippen molar-refractivity contribution in [3.63, 3.8) is 0 Å². The fourth-order valence-electron chi connectivity index (χ4n) is 2.66. The molecular weight excluding hydrogens is 364 g/mol. The van der Waals surface area contributed by atoms with Crippen molar-refractivity contribution in [2.24, 2.45) is 0 Å². The van der Waals surface area contributed by atoms with Crippen LogP contribution in [0.4, 0.5) is 0 Å². The first-order chi connectivity index (χ1) is 13.6. The Labute approximate surface area is 163 Å². The van der Waals surface area contributed by atoms with Gasteiger partial charge in [-0.25, -0.2) is 9.78 Å². The summed E-state index contributed by atoms with van der Waals surface area (Å²) in [5.41, 5.74) is 1.07. The van der Waals surface area contributed by atoms with Gasteiger partial charge >= 0.3 is 5.97 Å². The van der Waals surface area contributed by atoms with Crippen LogP contribution in [0, 0.1) is 0 Å². The predicted octanol–water partition coefficient (Wildman–Crippen LogP) is 2.07. The molecule has 0 unspecified atom stereocenters. The molecule has 1 aliphatic heterocycles. The van der Waals surface area contributed by atoms with E-state index in [1.807, 2.05) is 18.2 Å². The van der Waals surface area contributed by atoms with Crippen molar-refractivity contribution in [1.29, 1.82) is 0 Å². The van der Waals surface area contributed by atoms with Crippen molar-refractivity contribution >= 4 is 11.9 Å². The number of nitrogens with zero attached hydrogens (tertiary/aromatic N) is 2. The first-order valence-electron chi connectivity index (χ1n) is 8.96. The van der Waals surface area contributed by atoms with Crippen LogP contribution < -0.4 is 14.2 Å². The van der Waals surface area contributed by atoms with Crippen molar-refractivity contribution in [2.75, 3.05) is 33.5 Å². The molecular formula is C20H22N2O6. The van der Waals surface area contributed by atoms with Crippen LogP contribution in [0.1, 0.15) is 22.8 Å². The molecule has 0 fully saturated rings. The van der Waals surface area contributed by atoms with Gasteiger partial charge in [-0.1, -0.05) is 6.07 Å². The summed E-state index contributed by atoms with van der Waals surface area (Å²) in [7, 11) is 1.64. The molecule has 1 aliphatic rings. The normalized spacial score (nSPS) is 12.2. The fraction of sp³-hybridized carbons (Fsp3) is 0.350. The lowest BCUT2D eigenvalue weighted by molar-refractivity contribution is -0.133. The summed E-state index contributed by atoms with van der Waals surface area (Å²) in [6, 6.07) is 8.68. The third kappa shape index (κ3) is 4.70. The largest absolute Gasteiger partial charge is 0.486 e. The Balaban J connectivity index is 1.55. The number of carbonyl (C=O) groups is 2. The molecule has 1 aromatic carbocycles. The van der Waals surface area contributed by atoms with Gasteiger partial charge in [-0.15, -0.1) is 0 Å². The molecule has 1 amide bonds. The van der Waals surface area contributed by atoms with Crippen molar-refractivity contribution in [1.82, 2.24) is 9.88 Å². The molecule has 8 nitrogen and oxygen atoms in total. The lowest BCUT2D eigenvalue weighted by atomic mass is 10.2. The van der Waals surface area contributed by atoms with Gasteiger partial charge in [0.1, 0.15) is 18.8 Å². The summed E-state index contributed by atoms with van der Waals surface area (Å²) < 4.78 is 21.5. The van der Waals surface area contributed by atoms with Crippen molar-refractivity contribution in [3.05, 3.63) is 47.7 Å².